The van der Waals surface area contributed by atoms with Gasteiger partial charge in [0.25, 0.3) is 0 Å². The Morgan fingerprint density at radius 1 is 1.33 bits per heavy atom. The third kappa shape index (κ3) is 1.86. The Morgan fingerprint density at radius 3 is 2.93 bits per heavy atom. The van der Waals surface area contributed by atoms with Gasteiger partial charge in [-0.3, -0.25) is 4.68 Å². The van der Waals surface area contributed by atoms with E-state index in [2.05, 4.69) is 35.5 Å². The molecule has 1 heterocycles. The van der Waals surface area contributed by atoms with E-state index in [1.54, 1.807) is 0 Å². The fraction of sp³-hybridized carbons (Fsp3) is 0.250. The van der Waals surface area contributed by atoms with E-state index in [0.29, 0.717) is 0 Å². The zero-order chi connectivity index (χ0) is 10.7. The molecule has 2 rings (SSSR count). The van der Waals surface area contributed by atoms with Crippen molar-refractivity contribution in [2.45, 2.75) is 13.5 Å². The number of benzene rings is 1. The van der Waals surface area contributed by atoms with Gasteiger partial charge in [-0.15, -0.1) is 0 Å². The van der Waals surface area contributed by atoms with Crippen LogP contribution in [0.4, 0.5) is 5.69 Å². The summed E-state index contributed by atoms with van der Waals surface area (Å²) in [5.74, 6) is 0. The third-order valence-corrected chi connectivity index (χ3v) is 2.46. The lowest BCUT2D eigenvalue weighted by atomic mass is 10.1. The zero-order valence-corrected chi connectivity index (χ0v) is 9.07. The van der Waals surface area contributed by atoms with Crippen LogP contribution in [0.5, 0.6) is 0 Å². The van der Waals surface area contributed by atoms with E-state index in [-0.39, 0.29) is 0 Å². The monoisotopic (exact) mass is 201 g/mol. The van der Waals surface area contributed by atoms with Gasteiger partial charge in [0.2, 0.25) is 0 Å². The van der Waals surface area contributed by atoms with E-state index in [4.69, 9.17) is 0 Å². The molecule has 0 atom stereocenters. The molecule has 0 spiro atoms. The van der Waals surface area contributed by atoms with Gasteiger partial charge in [-0.05, 0) is 25.1 Å². The second kappa shape index (κ2) is 4.17. The third-order valence-electron chi connectivity index (χ3n) is 2.46. The highest BCUT2D eigenvalue weighted by Gasteiger charge is 2.03. The number of nitrogens with zero attached hydrogens (tertiary/aromatic N) is 2. The molecule has 3 nitrogen and oxygen atoms in total. The van der Waals surface area contributed by atoms with E-state index in [0.717, 1.165) is 17.9 Å². The molecule has 0 aliphatic rings. The van der Waals surface area contributed by atoms with Crippen LogP contribution in [0.1, 0.15) is 6.92 Å². The Labute approximate surface area is 89.7 Å². The molecule has 0 fully saturated rings. The smallest absolute Gasteiger partial charge is 0.0682 e. The van der Waals surface area contributed by atoms with Gasteiger partial charge in [-0.25, -0.2) is 0 Å². The number of aromatic nitrogens is 2. The molecular weight excluding hydrogens is 186 g/mol. The van der Waals surface area contributed by atoms with Crippen LogP contribution in [0.25, 0.3) is 11.3 Å². The van der Waals surface area contributed by atoms with Crippen LogP contribution in [-0.4, -0.2) is 16.8 Å². The van der Waals surface area contributed by atoms with Crippen LogP contribution in [-0.2, 0) is 6.54 Å². The maximum absolute atomic E-state index is 4.26. The van der Waals surface area contributed by atoms with Crippen molar-refractivity contribution in [3.05, 3.63) is 36.5 Å². The Balaban J connectivity index is 2.44. The molecule has 0 aliphatic carbocycles. The van der Waals surface area contributed by atoms with E-state index in [1.807, 2.05) is 30.1 Å². The highest BCUT2D eigenvalue weighted by molar-refractivity contribution is 5.65. The van der Waals surface area contributed by atoms with Gasteiger partial charge >= 0.3 is 0 Å². The van der Waals surface area contributed by atoms with Crippen LogP contribution in [0.3, 0.4) is 0 Å². The number of aryl methyl sites for hydroxylation is 1. The molecule has 0 saturated heterocycles. The maximum Gasteiger partial charge on any atom is 0.0682 e. The van der Waals surface area contributed by atoms with E-state index in [1.165, 1.54) is 5.56 Å². The van der Waals surface area contributed by atoms with Crippen molar-refractivity contribution in [2.24, 2.45) is 0 Å². The average molecular weight is 201 g/mol. The molecular formula is C12H15N3. The topological polar surface area (TPSA) is 29.9 Å². The summed E-state index contributed by atoms with van der Waals surface area (Å²) in [5, 5.41) is 7.40. The molecule has 0 aliphatic heterocycles. The molecule has 1 aromatic carbocycles. The quantitative estimate of drug-likeness (QED) is 0.827. The zero-order valence-electron chi connectivity index (χ0n) is 9.07. The molecule has 78 valence electrons. The molecule has 0 bridgehead atoms. The largest absolute Gasteiger partial charge is 0.388 e. The highest BCUT2D eigenvalue weighted by Crippen LogP contribution is 2.21. The molecule has 2 aromatic rings. The first-order valence-corrected chi connectivity index (χ1v) is 5.15. The number of anilines is 1. The summed E-state index contributed by atoms with van der Waals surface area (Å²) < 4.78 is 1.99. The van der Waals surface area contributed by atoms with Crippen molar-refractivity contribution >= 4 is 5.69 Å². The molecule has 0 unspecified atom stereocenters. The minimum absolute atomic E-state index is 0.895. The predicted molar refractivity (Wildman–Crippen MR) is 62.9 cm³/mol. The summed E-state index contributed by atoms with van der Waals surface area (Å²) in [6.07, 6.45) is 1.84. The predicted octanol–water partition coefficient (Wildman–Crippen LogP) is 2.61. The van der Waals surface area contributed by atoms with Crippen molar-refractivity contribution in [1.29, 1.82) is 0 Å². The number of hydrogen-bond donors (Lipinski definition) is 1. The van der Waals surface area contributed by atoms with Gasteiger partial charge in [0.1, 0.15) is 0 Å². The Morgan fingerprint density at radius 2 is 2.20 bits per heavy atom. The normalized spacial score (nSPS) is 10.3. The SMILES string of the molecule is CCn1nccc1-c1cccc(NC)c1. The fourth-order valence-electron chi connectivity index (χ4n) is 1.66. The second-order valence-electron chi connectivity index (χ2n) is 3.36. The van der Waals surface area contributed by atoms with Crippen molar-refractivity contribution in [3.63, 3.8) is 0 Å². The van der Waals surface area contributed by atoms with E-state index in [9.17, 15) is 0 Å². The summed E-state index contributed by atoms with van der Waals surface area (Å²) in [7, 11) is 1.93. The average Bonchev–Trinajstić information content (AvgIpc) is 2.77. The molecule has 3 heteroatoms. The molecule has 15 heavy (non-hydrogen) atoms. The lowest BCUT2D eigenvalue weighted by Crippen LogP contribution is -1.98. The first kappa shape index (κ1) is 9.77. The summed E-state index contributed by atoms with van der Waals surface area (Å²) in [4.78, 5) is 0. The lowest BCUT2D eigenvalue weighted by Gasteiger charge is -2.06. The van der Waals surface area contributed by atoms with Crippen LogP contribution in [0.15, 0.2) is 36.5 Å². The summed E-state index contributed by atoms with van der Waals surface area (Å²) >= 11 is 0. The summed E-state index contributed by atoms with van der Waals surface area (Å²) in [6.45, 7) is 2.99. The van der Waals surface area contributed by atoms with Crippen molar-refractivity contribution in [2.75, 3.05) is 12.4 Å². The molecule has 0 saturated carbocycles. The molecule has 0 amide bonds. The van der Waals surface area contributed by atoms with Gasteiger partial charge in [0.15, 0.2) is 0 Å². The maximum atomic E-state index is 4.26. The van der Waals surface area contributed by atoms with Gasteiger partial charge < -0.3 is 5.32 Å². The number of rotatable bonds is 3. The van der Waals surface area contributed by atoms with Crippen LogP contribution < -0.4 is 5.32 Å². The van der Waals surface area contributed by atoms with Crippen LogP contribution in [0.2, 0.25) is 0 Å². The highest BCUT2D eigenvalue weighted by atomic mass is 15.3. The lowest BCUT2D eigenvalue weighted by molar-refractivity contribution is 0.667. The Kier molecular flexibility index (Phi) is 2.72. The van der Waals surface area contributed by atoms with E-state index < -0.39 is 0 Å². The standard InChI is InChI=1S/C12H15N3/c1-3-15-12(7-8-14-15)10-5-4-6-11(9-10)13-2/h4-9,13H,3H2,1-2H3. The first-order chi connectivity index (χ1) is 7.35. The van der Waals surface area contributed by atoms with Gasteiger partial charge in [0, 0.05) is 31.0 Å². The number of nitrogens with one attached hydrogen (secondary N) is 1. The van der Waals surface area contributed by atoms with Crippen molar-refractivity contribution in [1.82, 2.24) is 9.78 Å². The van der Waals surface area contributed by atoms with Gasteiger partial charge in [-0.2, -0.15) is 5.10 Å². The van der Waals surface area contributed by atoms with E-state index >= 15 is 0 Å². The Bertz CT molecular complexity index is 446. The van der Waals surface area contributed by atoms with Crippen molar-refractivity contribution < 1.29 is 0 Å². The van der Waals surface area contributed by atoms with Gasteiger partial charge in [-0.1, -0.05) is 12.1 Å². The first-order valence-electron chi connectivity index (χ1n) is 5.15. The minimum Gasteiger partial charge on any atom is -0.388 e. The van der Waals surface area contributed by atoms with Crippen LogP contribution in [0, 0.1) is 0 Å². The van der Waals surface area contributed by atoms with Crippen molar-refractivity contribution in [3.8, 4) is 11.3 Å². The fourth-order valence-corrected chi connectivity index (χ4v) is 1.66. The summed E-state index contributed by atoms with van der Waals surface area (Å²) in [5.41, 5.74) is 3.48. The summed E-state index contributed by atoms with van der Waals surface area (Å²) in [6, 6.07) is 10.4. The van der Waals surface area contributed by atoms with Gasteiger partial charge in [0.05, 0.1) is 5.69 Å². The van der Waals surface area contributed by atoms with Crippen LogP contribution >= 0.6 is 0 Å². The molecule has 0 radical (unpaired) electrons. The molecule has 1 aromatic heterocycles. The minimum atomic E-state index is 0.895. The second-order valence-corrected chi connectivity index (χ2v) is 3.36. The molecule has 1 N–H and O–H groups in total. The number of hydrogen-bond acceptors (Lipinski definition) is 2. The Hall–Kier alpha value is -1.77.